The monoisotopic (exact) mass is 437 g/mol. The first-order valence-corrected chi connectivity index (χ1v) is 7.16. The molecule has 0 amide bonds. The van der Waals surface area contributed by atoms with Gasteiger partial charge in [-0.15, -0.1) is 0 Å². The molecule has 4 nitrogen and oxygen atoms in total. The van der Waals surface area contributed by atoms with Crippen molar-refractivity contribution in [3.05, 3.63) is 37.8 Å². The Labute approximate surface area is 131 Å². The number of halogens is 3. The van der Waals surface area contributed by atoms with Gasteiger partial charge in [0.15, 0.2) is 5.82 Å². The van der Waals surface area contributed by atoms with Crippen LogP contribution in [0.15, 0.2) is 22.7 Å². The highest BCUT2D eigenvalue weighted by Crippen LogP contribution is 2.28. The molecule has 100 valence electrons. The number of rotatable bonds is 3. The molecular formula is C12H10BrFIN3O. The van der Waals surface area contributed by atoms with Gasteiger partial charge in [0.1, 0.15) is 11.6 Å². The van der Waals surface area contributed by atoms with Gasteiger partial charge < -0.3 is 10.5 Å². The van der Waals surface area contributed by atoms with E-state index in [1.807, 2.05) is 0 Å². The molecule has 0 spiro atoms. The normalized spacial score (nSPS) is 10.7. The van der Waals surface area contributed by atoms with Crippen LogP contribution in [-0.2, 0) is 11.3 Å². The Hall–Kier alpha value is -0.800. The van der Waals surface area contributed by atoms with Crippen molar-refractivity contribution in [2.75, 3.05) is 12.8 Å². The molecule has 0 aliphatic heterocycles. The highest BCUT2D eigenvalue weighted by atomic mass is 127. The third-order valence-electron chi connectivity index (χ3n) is 2.40. The van der Waals surface area contributed by atoms with Crippen LogP contribution in [0.5, 0.6) is 0 Å². The summed E-state index contributed by atoms with van der Waals surface area (Å²) in [6.45, 7) is 0.344. The van der Waals surface area contributed by atoms with Gasteiger partial charge in [-0.2, -0.15) is 0 Å². The molecule has 7 heteroatoms. The van der Waals surface area contributed by atoms with E-state index in [1.54, 1.807) is 13.2 Å². The molecule has 0 aliphatic carbocycles. The molecule has 0 atom stereocenters. The number of methoxy groups -OCH3 is 1. The Morgan fingerprint density at radius 2 is 2.16 bits per heavy atom. The quantitative estimate of drug-likeness (QED) is 0.748. The van der Waals surface area contributed by atoms with Crippen molar-refractivity contribution in [1.82, 2.24) is 9.97 Å². The Bertz CT molecular complexity index is 624. The van der Waals surface area contributed by atoms with E-state index in [2.05, 4.69) is 48.5 Å². The van der Waals surface area contributed by atoms with Crippen molar-refractivity contribution < 1.29 is 9.13 Å². The predicted octanol–water partition coefficient (Wildman–Crippen LogP) is 3.38. The lowest BCUT2D eigenvalue weighted by atomic mass is 10.2. The van der Waals surface area contributed by atoms with Gasteiger partial charge in [0.25, 0.3) is 0 Å². The van der Waals surface area contributed by atoms with Crippen molar-refractivity contribution in [2.45, 2.75) is 6.61 Å². The second-order valence-electron chi connectivity index (χ2n) is 3.75. The lowest BCUT2D eigenvalue weighted by Gasteiger charge is -2.09. The van der Waals surface area contributed by atoms with Gasteiger partial charge in [-0.25, -0.2) is 14.4 Å². The van der Waals surface area contributed by atoms with E-state index in [-0.39, 0.29) is 5.82 Å². The zero-order valence-corrected chi connectivity index (χ0v) is 13.7. The third kappa shape index (κ3) is 3.21. The smallest absolute Gasteiger partial charge is 0.163 e. The first-order valence-electron chi connectivity index (χ1n) is 5.29. The van der Waals surface area contributed by atoms with E-state index in [1.165, 1.54) is 12.1 Å². The average molecular weight is 438 g/mol. The molecule has 1 heterocycles. The summed E-state index contributed by atoms with van der Waals surface area (Å²) in [6.07, 6.45) is 0. The van der Waals surface area contributed by atoms with Gasteiger partial charge in [-0.05, 0) is 56.7 Å². The lowest BCUT2D eigenvalue weighted by molar-refractivity contribution is 0.181. The predicted molar refractivity (Wildman–Crippen MR) is 83.0 cm³/mol. The summed E-state index contributed by atoms with van der Waals surface area (Å²) in [5.41, 5.74) is 7.26. The maximum atomic E-state index is 13.1. The SMILES string of the molecule is COCc1nc(-c2ccc(F)cc2Br)nc(N)c1I. The number of hydrogen-bond donors (Lipinski definition) is 1. The van der Waals surface area contributed by atoms with Crippen LogP contribution in [0, 0.1) is 9.39 Å². The number of benzene rings is 1. The Morgan fingerprint density at radius 3 is 2.79 bits per heavy atom. The summed E-state index contributed by atoms with van der Waals surface area (Å²) >= 11 is 5.37. The standard InChI is InChI=1S/C12H10BrFIN3O/c1-19-5-9-10(15)11(16)18-12(17-9)7-3-2-6(14)4-8(7)13/h2-4H,5H2,1H3,(H2,16,17,18). The summed E-state index contributed by atoms with van der Waals surface area (Å²) in [4.78, 5) is 8.64. The summed E-state index contributed by atoms with van der Waals surface area (Å²) in [6, 6.07) is 4.33. The van der Waals surface area contributed by atoms with Crippen molar-refractivity contribution >= 4 is 44.3 Å². The number of nitrogen functional groups attached to an aromatic ring is 1. The van der Waals surface area contributed by atoms with Crippen LogP contribution < -0.4 is 5.73 Å². The van der Waals surface area contributed by atoms with Crippen molar-refractivity contribution in [3.8, 4) is 11.4 Å². The fraction of sp³-hybridized carbons (Fsp3) is 0.167. The van der Waals surface area contributed by atoms with Crippen LogP contribution in [0.4, 0.5) is 10.2 Å². The Kier molecular flexibility index (Phi) is 4.69. The molecule has 0 unspecified atom stereocenters. The highest BCUT2D eigenvalue weighted by molar-refractivity contribution is 14.1. The summed E-state index contributed by atoms with van der Waals surface area (Å²) in [7, 11) is 1.59. The lowest BCUT2D eigenvalue weighted by Crippen LogP contribution is -2.06. The molecule has 2 N–H and O–H groups in total. The molecule has 2 rings (SSSR count). The minimum atomic E-state index is -0.328. The van der Waals surface area contributed by atoms with Gasteiger partial charge in [0, 0.05) is 17.1 Å². The molecule has 19 heavy (non-hydrogen) atoms. The summed E-state index contributed by atoms with van der Waals surface area (Å²) < 4.78 is 19.5. The van der Waals surface area contributed by atoms with E-state index in [0.717, 1.165) is 3.57 Å². The van der Waals surface area contributed by atoms with Crippen molar-refractivity contribution in [2.24, 2.45) is 0 Å². The van der Waals surface area contributed by atoms with Crippen LogP contribution in [-0.4, -0.2) is 17.1 Å². The highest BCUT2D eigenvalue weighted by Gasteiger charge is 2.13. The van der Waals surface area contributed by atoms with Crippen LogP contribution in [0.2, 0.25) is 0 Å². The molecule has 0 radical (unpaired) electrons. The third-order valence-corrected chi connectivity index (χ3v) is 4.23. The first kappa shape index (κ1) is 14.6. The maximum absolute atomic E-state index is 13.1. The van der Waals surface area contributed by atoms with Crippen LogP contribution in [0.25, 0.3) is 11.4 Å². The number of nitrogens with zero attached hydrogens (tertiary/aromatic N) is 2. The van der Waals surface area contributed by atoms with Crippen molar-refractivity contribution in [1.29, 1.82) is 0 Å². The molecule has 0 saturated carbocycles. The fourth-order valence-corrected chi connectivity index (χ4v) is 2.46. The number of aromatic nitrogens is 2. The molecule has 0 saturated heterocycles. The number of anilines is 1. The number of ether oxygens (including phenoxy) is 1. The number of hydrogen-bond acceptors (Lipinski definition) is 4. The van der Waals surface area contributed by atoms with Gasteiger partial charge in [0.05, 0.1) is 15.9 Å². The minimum Gasteiger partial charge on any atom is -0.383 e. The van der Waals surface area contributed by atoms with Gasteiger partial charge in [0.2, 0.25) is 0 Å². The Morgan fingerprint density at radius 1 is 1.42 bits per heavy atom. The van der Waals surface area contributed by atoms with Gasteiger partial charge >= 0.3 is 0 Å². The largest absolute Gasteiger partial charge is 0.383 e. The topological polar surface area (TPSA) is 61.0 Å². The van der Waals surface area contributed by atoms with E-state index < -0.39 is 0 Å². The molecule has 0 aliphatic rings. The summed E-state index contributed by atoms with van der Waals surface area (Å²) in [5, 5.41) is 0. The molecule has 1 aromatic carbocycles. The van der Waals surface area contributed by atoms with Crippen molar-refractivity contribution in [3.63, 3.8) is 0 Å². The minimum absolute atomic E-state index is 0.328. The molecule has 0 fully saturated rings. The zero-order valence-electron chi connectivity index (χ0n) is 9.95. The Balaban J connectivity index is 2.56. The first-order chi connectivity index (χ1) is 9.02. The molecule has 2 aromatic rings. The number of nitrogens with two attached hydrogens (primary N) is 1. The molecule has 0 bridgehead atoms. The maximum Gasteiger partial charge on any atom is 0.163 e. The second kappa shape index (κ2) is 6.10. The average Bonchev–Trinajstić information content (AvgIpc) is 2.35. The van der Waals surface area contributed by atoms with E-state index in [4.69, 9.17) is 10.5 Å². The van der Waals surface area contributed by atoms with Crippen LogP contribution in [0.3, 0.4) is 0 Å². The van der Waals surface area contributed by atoms with Gasteiger partial charge in [-0.3, -0.25) is 0 Å². The van der Waals surface area contributed by atoms with E-state index in [9.17, 15) is 4.39 Å². The molecular weight excluding hydrogens is 428 g/mol. The van der Waals surface area contributed by atoms with E-state index in [0.29, 0.717) is 34.0 Å². The second-order valence-corrected chi connectivity index (χ2v) is 5.68. The van der Waals surface area contributed by atoms with Crippen LogP contribution in [0.1, 0.15) is 5.69 Å². The summed E-state index contributed by atoms with van der Waals surface area (Å²) in [5.74, 6) is 0.497. The van der Waals surface area contributed by atoms with Gasteiger partial charge in [-0.1, -0.05) is 0 Å². The fourth-order valence-electron chi connectivity index (χ4n) is 1.54. The zero-order chi connectivity index (χ0) is 14.0. The van der Waals surface area contributed by atoms with Crippen LogP contribution >= 0.6 is 38.5 Å². The molecule has 1 aromatic heterocycles. The van der Waals surface area contributed by atoms with E-state index >= 15 is 0 Å².